The fourth-order valence-electron chi connectivity index (χ4n) is 3.81. The SMILES string of the molecule is CN(C(=O)c1nn(-c2ccccc2)c2c1CCC2)[C@@H]1CCS(=O)(=O)C1. The molecule has 0 N–H and O–H groups in total. The number of aromatic nitrogens is 2. The van der Waals surface area contributed by atoms with Crippen LogP contribution in [-0.2, 0) is 22.7 Å². The largest absolute Gasteiger partial charge is 0.336 e. The zero-order chi connectivity index (χ0) is 17.6. The molecule has 0 radical (unpaired) electrons. The zero-order valence-electron chi connectivity index (χ0n) is 14.2. The molecule has 2 aromatic rings. The fourth-order valence-corrected chi connectivity index (χ4v) is 5.58. The van der Waals surface area contributed by atoms with Gasteiger partial charge < -0.3 is 4.90 Å². The third-order valence-corrected chi connectivity index (χ3v) is 6.96. The molecule has 1 aliphatic carbocycles. The highest BCUT2D eigenvalue weighted by Crippen LogP contribution is 2.29. The first kappa shape index (κ1) is 16.3. The topological polar surface area (TPSA) is 72.3 Å². The van der Waals surface area contributed by atoms with Crippen LogP contribution in [0.1, 0.15) is 34.6 Å². The van der Waals surface area contributed by atoms with Gasteiger partial charge in [0.1, 0.15) is 0 Å². The molecule has 1 fully saturated rings. The molecule has 1 aromatic heterocycles. The number of hydrogen-bond acceptors (Lipinski definition) is 4. The van der Waals surface area contributed by atoms with Crippen molar-refractivity contribution in [3.63, 3.8) is 0 Å². The Morgan fingerprint density at radius 1 is 1.24 bits per heavy atom. The summed E-state index contributed by atoms with van der Waals surface area (Å²) in [6, 6.07) is 9.56. The number of para-hydroxylation sites is 1. The van der Waals surface area contributed by atoms with Crippen LogP contribution >= 0.6 is 0 Å². The summed E-state index contributed by atoms with van der Waals surface area (Å²) in [5.74, 6) is 0.0396. The van der Waals surface area contributed by atoms with Gasteiger partial charge in [0.25, 0.3) is 5.91 Å². The van der Waals surface area contributed by atoms with Crippen LogP contribution < -0.4 is 0 Å². The number of carbonyl (C=O) groups excluding carboxylic acids is 1. The third-order valence-electron chi connectivity index (χ3n) is 5.21. The first-order valence-electron chi connectivity index (χ1n) is 8.60. The number of rotatable bonds is 3. The molecule has 7 heteroatoms. The van der Waals surface area contributed by atoms with Crippen molar-refractivity contribution in [1.29, 1.82) is 0 Å². The molecule has 0 unspecified atom stereocenters. The van der Waals surface area contributed by atoms with Gasteiger partial charge in [-0.3, -0.25) is 4.79 Å². The minimum Gasteiger partial charge on any atom is -0.336 e. The van der Waals surface area contributed by atoms with E-state index in [9.17, 15) is 13.2 Å². The Hall–Kier alpha value is -2.15. The highest BCUT2D eigenvalue weighted by molar-refractivity contribution is 7.91. The molecule has 0 spiro atoms. The second kappa shape index (κ2) is 5.98. The summed E-state index contributed by atoms with van der Waals surface area (Å²) in [7, 11) is -1.33. The Kier molecular flexibility index (Phi) is 3.91. The van der Waals surface area contributed by atoms with E-state index < -0.39 is 9.84 Å². The second-order valence-corrected chi connectivity index (χ2v) is 9.08. The van der Waals surface area contributed by atoms with Crippen LogP contribution in [0.5, 0.6) is 0 Å². The van der Waals surface area contributed by atoms with Crippen LogP contribution in [0.25, 0.3) is 5.69 Å². The lowest BCUT2D eigenvalue weighted by atomic mass is 10.1. The quantitative estimate of drug-likeness (QED) is 0.835. The molecule has 1 amide bonds. The van der Waals surface area contributed by atoms with Crippen molar-refractivity contribution in [2.24, 2.45) is 0 Å². The first-order valence-corrected chi connectivity index (χ1v) is 10.4. The lowest BCUT2D eigenvalue weighted by Crippen LogP contribution is -2.38. The van der Waals surface area contributed by atoms with Crippen LogP contribution in [0, 0.1) is 0 Å². The lowest BCUT2D eigenvalue weighted by molar-refractivity contribution is 0.0740. The van der Waals surface area contributed by atoms with E-state index in [2.05, 4.69) is 5.10 Å². The van der Waals surface area contributed by atoms with Gasteiger partial charge in [-0.1, -0.05) is 18.2 Å². The maximum Gasteiger partial charge on any atom is 0.274 e. The highest BCUT2D eigenvalue weighted by atomic mass is 32.2. The van der Waals surface area contributed by atoms with Gasteiger partial charge in [0.05, 0.1) is 17.2 Å². The van der Waals surface area contributed by atoms with E-state index in [0.717, 1.165) is 36.2 Å². The summed E-state index contributed by atoms with van der Waals surface area (Å²) in [5, 5.41) is 4.61. The maximum absolute atomic E-state index is 13.0. The molecule has 1 atom stereocenters. The summed E-state index contributed by atoms with van der Waals surface area (Å²) in [6.45, 7) is 0. The maximum atomic E-state index is 13.0. The Bertz CT molecular complexity index is 919. The highest BCUT2D eigenvalue weighted by Gasteiger charge is 2.36. The van der Waals surface area contributed by atoms with Crippen LogP contribution in [0.2, 0.25) is 0 Å². The number of benzene rings is 1. The van der Waals surface area contributed by atoms with Crippen molar-refractivity contribution in [2.75, 3.05) is 18.6 Å². The van der Waals surface area contributed by atoms with Crippen molar-refractivity contribution in [1.82, 2.24) is 14.7 Å². The molecule has 132 valence electrons. The van der Waals surface area contributed by atoms with Gasteiger partial charge in [0.15, 0.2) is 15.5 Å². The number of hydrogen-bond donors (Lipinski definition) is 0. The van der Waals surface area contributed by atoms with Gasteiger partial charge in [-0.25, -0.2) is 13.1 Å². The second-order valence-electron chi connectivity index (χ2n) is 6.85. The van der Waals surface area contributed by atoms with Crippen LogP contribution in [0.3, 0.4) is 0 Å². The van der Waals surface area contributed by atoms with E-state index in [4.69, 9.17) is 0 Å². The normalized spacial score (nSPS) is 21.2. The number of fused-ring (bicyclic) bond motifs is 1. The summed E-state index contributed by atoms with van der Waals surface area (Å²) < 4.78 is 25.3. The monoisotopic (exact) mass is 359 g/mol. The van der Waals surface area contributed by atoms with Crippen LogP contribution in [-0.4, -0.2) is 53.6 Å². The summed E-state index contributed by atoms with van der Waals surface area (Å²) in [4.78, 5) is 14.6. The van der Waals surface area contributed by atoms with Gasteiger partial charge >= 0.3 is 0 Å². The molecule has 6 nitrogen and oxygen atoms in total. The predicted molar refractivity (Wildman–Crippen MR) is 94.7 cm³/mol. The van der Waals surface area contributed by atoms with Crippen molar-refractivity contribution < 1.29 is 13.2 Å². The van der Waals surface area contributed by atoms with Gasteiger partial charge in [-0.15, -0.1) is 0 Å². The Morgan fingerprint density at radius 2 is 2.00 bits per heavy atom. The van der Waals surface area contributed by atoms with Crippen molar-refractivity contribution >= 4 is 15.7 Å². The van der Waals surface area contributed by atoms with Crippen LogP contribution in [0.15, 0.2) is 30.3 Å². The molecule has 25 heavy (non-hydrogen) atoms. The van der Waals surface area contributed by atoms with E-state index in [1.54, 1.807) is 11.9 Å². The summed E-state index contributed by atoms with van der Waals surface area (Å²) in [5.41, 5.74) is 3.54. The molecular formula is C18H21N3O3S. The summed E-state index contributed by atoms with van der Waals surface area (Å²) >= 11 is 0. The molecule has 2 heterocycles. The lowest BCUT2D eigenvalue weighted by Gasteiger charge is -2.22. The molecule has 1 aliphatic heterocycles. The average molecular weight is 359 g/mol. The van der Waals surface area contributed by atoms with E-state index in [-0.39, 0.29) is 23.5 Å². The zero-order valence-corrected chi connectivity index (χ0v) is 15.0. The first-order chi connectivity index (χ1) is 12.0. The molecule has 4 rings (SSSR count). The van der Waals surface area contributed by atoms with E-state index in [1.807, 2.05) is 35.0 Å². The van der Waals surface area contributed by atoms with Crippen molar-refractivity contribution in [3.8, 4) is 5.69 Å². The Morgan fingerprint density at radius 3 is 2.68 bits per heavy atom. The number of amides is 1. The van der Waals surface area contributed by atoms with Crippen molar-refractivity contribution in [2.45, 2.75) is 31.7 Å². The minimum atomic E-state index is -3.02. The molecule has 0 saturated carbocycles. The standard InChI is InChI=1S/C18H21N3O3S/c1-20(14-10-11-25(23,24)12-14)18(22)17-15-8-5-9-16(15)21(19-17)13-6-3-2-4-7-13/h2-4,6-7,14H,5,8-12H2,1H3/t14-/m1/s1. The Labute approximate surface area is 147 Å². The molecular weight excluding hydrogens is 338 g/mol. The molecule has 0 bridgehead atoms. The van der Waals surface area contributed by atoms with E-state index in [1.165, 1.54) is 0 Å². The predicted octanol–water partition coefficient (Wildman–Crippen LogP) is 1.62. The van der Waals surface area contributed by atoms with Gasteiger partial charge in [0, 0.05) is 24.3 Å². The molecule has 1 aromatic carbocycles. The number of sulfone groups is 1. The van der Waals surface area contributed by atoms with Crippen LogP contribution in [0.4, 0.5) is 0 Å². The van der Waals surface area contributed by atoms with E-state index >= 15 is 0 Å². The van der Waals surface area contributed by atoms with Crippen molar-refractivity contribution in [3.05, 3.63) is 47.3 Å². The van der Waals surface area contributed by atoms with Gasteiger partial charge in [-0.2, -0.15) is 5.10 Å². The number of nitrogens with zero attached hydrogens (tertiary/aromatic N) is 3. The smallest absolute Gasteiger partial charge is 0.274 e. The van der Waals surface area contributed by atoms with Gasteiger partial charge in [-0.05, 0) is 37.8 Å². The fraction of sp³-hybridized carbons (Fsp3) is 0.444. The summed E-state index contributed by atoms with van der Waals surface area (Å²) in [6.07, 6.45) is 3.28. The molecule has 1 saturated heterocycles. The van der Waals surface area contributed by atoms with Gasteiger partial charge in [0.2, 0.25) is 0 Å². The Balaban J connectivity index is 1.68. The third kappa shape index (κ3) is 2.86. The average Bonchev–Trinajstić information content (AvgIpc) is 3.29. The minimum absolute atomic E-state index is 0.0524. The van der Waals surface area contributed by atoms with E-state index in [0.29, 0.717) is 12.1 Å². The molecule has 2 aliphatic rings. The number of carbonyl (C=O) groups is 1.